The van der Waals surface area contributed by atoms with E-state index >= 15 is 0 Å². The Kier molecular flexibility index (Phi) is 3.42. The van der Waals surface area contributed by atoms with Crippen molar-refractivity contribution in [3.63, 3.8) is 0 Å². The van der Waals surface area contributed by atoms with Crippen LogP contribution in [0.3, 0.4) is 0 Å². The Morgan fingerprint density at radius 1 is 1.65 bits per heavy atom. The van der Waals surface area contributed by atoms with Gasteiger partial charge >= 0.3 is 0 Å². The fraction of sp³-hybridized carbons (Fsp3) is 0.308. The van der Waals surface area contributed by atoms with Gasteiger partial charge < -0.3 is 10.1 Å². The van der Waals surface area contributed by atoms with Gasteiger partial charge in [-0.3, -0.25) is 4.79 Å². The van der Waals surface area contributed by atoms with E-state index in [2.05, 4.69) is 11.9 Å². The van der Waals surface area contributed by atoms with Crippen LogP contribution in [0.1, 0.15) is 12.0 Å². The van der Waals surface area contributed by atoms with E-state index < -0.39 is 0 Å². The monoisotopic (exact) mass is 235 g/mol. The van der Waals surface area contributed by atoms with Crippen LogP contribution in [0.15, 0.2) is 30.9 Å². The van der Waals surface area contributed by atoms with Crippen LogP contribution in [0.4, 0.5) is 4.39 Å². The molecule has 1 amide bonds. The lowest BCUT2D eigenvalue weighted by atomic mass is 10.0. The Labute approximate surface area is 99.3 Å². The molecule has 3 nitrogen and oxygen atoms in total. The van der Waals surface area contributed by atoms with E-state index in [0.29, 0.717) is 12.3 Å². The molecule has 0 spiro atoms. The van der Waals surface area contributed by atoms with Crippen LogP contribution in [0.25, 0.3) is 0 Å². The van der Waals surface area contributed by atoms with E-state index in [1.54, 1.807) is 6.07 Å². The third kappa shape index (κ3) is 2.84. The first-order chi connectivity index (χ1) is 8.19. The Morgan fingerprint density at radius 3 is 3.24 bits per heavy atom. The Balaban J connectivity index is 1.96. The van der Waals surface area contributed by atoms with Gasteiger partial charge in [-0.05, 0) is 42.7 Å². The van der Waals surface area contributed by atoms with Crippen LogP contribution >= 0.6 is 0 Å². The number of benzene rings is 1. The standard InChI is InChI=1S/C13H14FNO2/c1-2-13(16)15-8-11-5-3-9-7-10(14)4-6-12(9)17-11/h2,4,6-7,11H,1,3,5,8H2,(H,15,16). The van der Waals surface area contributed by atoms with Gasteiger partial charge in [0.15, 0.2) is 0 Å². The van der Waals surface area contributed by atoms with Crippen LogP contribution in [-0.2, 0) is 11.2 Å². The molecular formula is C13H14FNO2. The minimum absolute atomic E-state index is 0.0585. The Morgan fingerprint density at radius 2 is 2.47 bits per heavy atom. The minimum Gasteiger partial charge on any atom is -0.488 e. The zero-order valence-electron chi connectivity index (χ0n) is 9.41. The maximum absolute atomic E-state index is 13.0. The molecule has 0 saturated carbocycles. The maximum atomic E-state index is 13.0. The third-order valence-electron chi connectivity index (χ3n) is 2.74. The lowest BCUT2D eigenvalue weighted by Crippen LogP contribution is -2.36. The topological polar surface area (TPSA) is 38.3 Å². The van der Waals surface area contributed by atoms with Crippen molar-refractivity contribution in [2.24, 2.45) is 0 Å². The molecule has 0 bridgehead atoms. The van der Waals surface area contributed by atoms with Gasteiger partial charge in [0.1, 0.15) is 17.7 Å². The van der Waals surface area contributed by atoms with Crippen molar-refractivity contribution in [1.82, 2.24) is 5.32 Å². The van der Waals surface area contributed by atoms with E-state index in [9.17, 15) is 9.18 Å². The predicted octanol–water partition coefficient (Wildman–Crippen LogP) is 1.82. The van der Waals surface area contributed by atoms with Gasteiger partial charge in [0, 0.05) is 0 Å². The van der Waals surface area contributed by atoms with Crippen molar-refractivity contribution in [1.29, 1.82) is 0 Å². The van der Waals surface area contributed by atoms with Crippen LogP contribution in [0.5, 0.6) is 5.75 Å². The van der Waals surface area contributed by atoms with E-state index in [1.165, 1.54) is 18.2 Å². The molecule has 0 aliphatic carbocycles. The summed E-state index contributed by atoms with van der Waals surface area (Å²) >= 11 is 0. The number of carbonyl (C=O) groups is 1. The Hall–Kier alpha value is -1.84. The summed E-state index contributed by atoms with van der Waals surface area (Å²) in [4.78, 5) is 11.0. The molecule has 1 aromatic rings. The van der Waals surface area contributed by atoms with Crippen molar-refractivity contribution in [3.8, 4) is 5.75 Å². The van der Waals surface area contributed by atoms with Crippen molar-refractivity contribution >= 4 is 5.91 Å². The van der Waals surface area contributed by atoms with E-state index in [4.69, 9.17) is 4.74 Å². The SMILES string of the molecule is C=CC(=O)NCC1CCc2cc(F)ccc2O1. The second kappa shape index (κ2) is 4.99. The number of hydrogen-bond donors (Lipinski definition) is 1. The van der Waals surface area contributed by atoms with Gasteiger partial charge in [0.05, 0.1) is 6.54 Å². The number of nitrogens with one attached hydrogen (secondary N) is 1. The smallest absolute Gasteiger partial charge is 0.243 e. The van der Waals surface area contributed by atoms with Gasteiger partial charge in [-0.15, -0.1) is 0 Å². The van der Waals surface area contributed by atoms with E-state index in [-0.39, 0.29) is 17.8 Å². The van der Waals surface area contributed by atoms with E-state index in [1.807, 2.05) is 0 Å². The summed E-state index contributed by atoms with van der Waals surface area (Å²) in [5.74, 6) is 0.250. The summed E-state index contributed by atoms with van der Waals surface area (Å²) < 4.78 is 18.6. The molecule has 1 heterocycles. The van der Waals surface area contributed by atoms with E-state index in [0.717, 1.165) is 18.4 Å². The first kappa shape index (κ1) is 11.6. The summed E-state index contributed by atoms with van der Waals surface area (Å²) in [6, 6.07) is 4.50. The number of aryl methyl sites for hydroxylation is 1. The number of ether oxygens (including phenoxy) is 1. The fourth-order valence-electron chi connectivity index (χ4n) is 1.84. The summed E-state index contributed by atoms with van der Waals surface area (Å²) in [7, 11) is 0. The fourth-order valence-corrected chi connectivity index (χ4v) is 1.84. The highest BCUT2D eigenvalue weighted by Crippen LogP contribution is 2.27. The number of carbonyl (C=O) groups excluding carboxylic acids is 1. The normalized spacial score (nSPS) is 17.8. The van der Waals surface area contributed by atoms with Crippen molar-refractivity contribution in [2.75, 3.05) is 6.54 Å². The minimum atomic E-state index is -0.245. The highest BCUT2D eigenvalue weighted by Gasteiger charge is 2.20. The molecular weight excluding hydrogens is 221 g/mol. The first-order valence-electron chi connectivity index (χ1n) is 5.54. The zero-order chi connectivity index (χ0) is 12.3. The average Bonchev–Trinajstić information content (AvgIpc) is 2.35. The average molecular weight is 235 g/mol. The quantitative estimate of drug-likeness (QED) is 0.811. The molecule has 1 aromatic carbocycles. The van der Waals surface area contributed by atoms with Crippen LogP contribution < -0.4 is 10.1 Å². The second-order valence-corrected chi connectivity index (χ2v) is 3.98. The molecule has 1 unspecified atom stereocenters. The number of halogens is 1. The molecule has 1 atom stereocenters. The number of hydrogen-bond acceptors (Lipinski definition) is 2. The van der Waals surface area contributed by atoms with Crippen LogP contribution in [0.2, 0.25) is 0 Å². The highest BCUT2D eigenvalue weighted by atomic mass is 19.1. The van der Waals surface area contributed by atoms with Crippen LogP contribution in [0, 0.1) is 5.82 Å². The number of amides is 1. The molecule has 1 aliphatic heterocycles. The summed E-state index contributed by atoms with van der Waals surface area (Å²) in [5, 5.41) is 2.69. The van der Waals surface area contributed by atoms with Crippen molar-refractivity contribution in [2.45, 2.75) is 18.9 Å². The number of rotatable bonds is 3. The molecule has 0 aromatic heterocycles. The van der Waals surface area contributed by atoms with Gasteiger partial charge in [0.25, 0.3) is 0 Å². The van der Waals surface area contributed by atoms with Gasteiger partial charge in [0.2, 0.25) is 5.91 Å². The third-order valence-corrected chi connectivity index (χ3v) is 2.74. The van der Waals surface area contributed by atoms with Gasteiger partial charge in [-0.2, -0.15) is 0 Å². The second-order valence-electron chi connectivity index (χ2n) is 3.98. The van der Waals surface area contributed by atoms with Gasteiger partial charge in [-0.25, -0.2) is 4.39 Å². The maximum Gasteiger partial charge on any atom is 0.243 e. The molecule has 90 valence electrons. The largest absolute Gasteiger partial charge is 0.488 e. The summed E-state index contributed by atoms with van der Waals surface area (Å²) in [5.41, 5.74) is 0.885. The predicted molar refractivity (Wildman–Crippen MR) is 62.3 cm³/mol. The highest BCUT2D eigenvalue weighted by molar-refractivity contribution is 5.86. The molecule has 0 radical (unpaired) electrons. The number of fused-ring (bicyclic) bond motifs is 1. The van der Waals surface area contributed by atoms with Gasteiger partial charge in [-0.1, -0.05) is 6.58 Å². The molecule has 2 rings (SSSR count). The van der Waals surface area contributed by atoms with Crippen molar-refractivity contribution < 1.29 is 13.9 Å². The first-order valence-corrected chi connectivity index (χ1v) is 5.54. The van der Waals surface area contributed by atoms with Crippen molar-refractivity contribution in [3.05, 3.63) is 42.2 Å². The molecule has 4 heteroatoms. The lowest BCUT2D eigenvalue weighted by molar-refractivity contribution is -0.116. The summed E-state index contributed by atoms with van der Waals surface area (Å²) in [6.07, 6.45) is 2.71. The molecule has 0 saturated heterocycles. The Bertz CT molecular complexity index is 445. The molecule has 0 fully saturated rings. The van der Waals surface area contributed by atoms with Crippen LogP contribution in [-0.4, -0.2) is 18.6 Å². The molecule has 1 N–H and O–H groups in total. The zero-order valence-corrected chi connectivity index (χ0v) is 9.41. The molecule has 1 aliphatic rings. The molecule has 17 heavy (non-hydrogen) atoms. The summed E-state index contributed by atoms with van der Waals surface area (Å²) in [6.45, 7) is 3.82. The lowest BCUT2D eigenvalue weighted by Gasteiger charge is -2.26.